The van der Waals surface area contributed by atoms with Crippen molar-refractivity contribution >= 4 is 15.9 Å². The van der Waals surface area contributed by atoms with E-state index in [1.165, 1.54) is 40.7 Å². The minimum atomic E-state index is -4.48. The Morgan fingerprint density at radius 3 is 2.32 bits per heavy atom. The van der Waals surface area contributed by atoms with Crippen LogP contribution in [0, 0.1) is 0 Å². The second kappa shape index (κ2) is 8.97. The Morgan fingerprint density at radius 2 is 1.68 bits per heavy atom. The highest BCUT2D eigenvalue weighted by atomic mass is 32.2. The van der Waals surface area contributed by atoms with Crippen LogP contribution < -0.4 is 5.32 Å². The van der Waals surface area contributed by atoms with Gasteiger partial charge in [-0.1, -0.05) is 18.2 Å². The van der Waals surface area contributed by atoms with E-state index in [9.17, 15) is 26.4 Å². The van der Waals surface area contributed by atoms with Crippen LogP contribution in [0.5, 0.6) is 0 Å². The maximum atomic E-state index is 12.9. The standard InChI is InChI=1S/C21H24F3N3O3S/c1-15(16-5-3-7-18(13-16)21(22,23)24)25-20(28)17-6-4-8-19(14-17)31(29,30)27-11-9-26(2)10-12-27/h3-8,13-15H,9-12H2,1-2H3,(H,25,28)/t15-/m0/s1. The highest BCUT2D eigenvalue weighted by Crippen LogP contribution is 2.30. The molecular formula is C21H24F3N3O3S. The molecule has 1 heterocycles. The van der Waals surface area contributed by atoms with Crippen molar-refractivity contribution in [3.8, 4) is 0 Å². The van der Waals surface area contributed by atoms with Crippen LogP contribution in [0.1, 0.15) is 34.5 Å². The van der Waals surface area contributed by atoms with Crippen LogP contribution in [0.25, 0.3) is 0 Å². The molecule has 0 aliphatic carbocycles. The lowest BCUT2D eigenvalue weighted by Crippen LogP contribution is -2.47. The van der Waals surface area contributed by atoms with Gasteiger partial charge in [0, 0.05) is 31.7 Å². The summed E-state index contributed by atoms with van der Waals surface area (Å²) in [5, 5.41) is 2.63. The molecule has 6 nitrogen and oxygen atoms in total. The number of nitrogens with zero attached hydrogens (tertiary/aromatic N) is 2. The van der Waals surface area contributed by atoms with Crippen molar-refractivity contribution in [2.24, 2.45) is 0 Å². The molecule has 0 bridgehead atoms. The molecule has 10 heteroatoms. The number of rotatable bonds is 5. The number of benzene rings is 2. The number of halogens is 3. The van der Waals surface area contributed by atoms with Crippen LogP contribution in [0.2, 0.25) is 0 Å². The van der Waals surface area contributed by atoms with Crippen LogP contribution in [0.15, 0.2) is 53.4 Å². The van der Waals surface area contributed by atoms with Crippen LogP contribution >= 0.6 is 0 Å². The van der Waals surface area contributed by atoms with Crippen molar-refractivity contribution < 1.29 is 26.4 Å². The number of carbonyl (C=O) groups is 1. The average Bonchev–Trinajstić information content (AvgIpc) is 2.73. The highest BCUT2D eigenvalue weighted by Gasteiger charge is 2.31. The average molecular weight is 456 g/mol. The SMILES string of the molecule is C[C@H](NC(=O)c1cccc(S(=O)(=O)N2CCN(C)CC2)c1)c1cccc(C(F)(F)F)c1. The van der Waals surface area contributed by atoms with E-state index >= 15 is 0 Å². The van der Waals surface area contributed by atoms with Gasteiger partial charge in [-0.25, -0.2) is 8.42 Å². The second-order valence-electron chi connectivity index (χ2n) is 7.55. The Balaban J connectivity index is 1.76. The van der Waals surface area contributed by atoms with Gasteiger partial charge in [-0.2, -0.15) is 17.5 Å². The fourth-order valence-electron chi connectivity index (χ4n) is 3.32. The topological polar surface area (TPSA) is 69.7 Å². The predicted octanol–water partition coefficient (Wildman–Crippen LogP) is 3.13. The van der Waals surface area contributed by atoms with Crippen molar-refractivity contribution in [3.05, 3.63) is 65.2 Å². The number of amides is 1. The molecule has 1 N–H and O–H groups in total. The second-order valence-corrected chi connectivity index (χ2v) is 9.49. The lowest BCUT2D eigenvalue weighted by molar-refractivity contribution is -0.137. The Hall–Kier alpha value is -2.43. The lowest BCUT2D eigenvalue weighted by atomic mass is 10.0. The number of alkyl halides is 3. The van der Waals surface area contributed by atoms with E-state index in [-0.39, 0.29) is 10.5 Å². The summed E-state index contributed by atoms with van der Waals surface area (Å²) in [6, 6.07) is 9.70. The molecule has 0 unspecified atom stereocenters. The van der Waals surface area contributed by atoms with E-state index in [0.29, 0.717) is 31.7 Å². The van der Waals surface area contributed by atoms with Gasteiger partial charge in [0.2, 0.25) is 10.0 Å². The highest BCUT2D eigenvalue weighted by molar-refractivity contribution is 7.89. The van der Waals surface area contributed by atoms with Gasteiger partial charge in [0.25, 0.3) is 5.91 Å². The number of hydrogen-bond acceptors (Lipinski definition) is 4. The number of piperazine rings is 1. The van der Waals surface area contributed by atoms with Crippen molar-refractivity contribution in [3.63, 3.8) is 0 Å². The number of carbonyl (C=O) groups excluding carboxylic acids is 1. The molecule has 2 aromatic carbocycles. The lowest BCUT2D eigenvalue weighted by Gasteiger charge is -2.31. The monoisotopic (exact) mass is 455 g/mol. The van der Waals surface area contributed by atoms with Gasteiger partial charge in [-0.3, -0.25) is 4.79 Å². The van der Waals surface area contributed by atoms with Crippen molar-refractivity contribution in [1.29, 1.82) is 0 Å². The largest absolute Gasteiger partial charge is 0.416 e. The van der Waals surface area contributed by atoms with Crippen molar-refractivity contribution in [2.75, 3.05) is 33.2 Å². The summed E-state index contributed by atoms with van der Waals surface area (Å²) in [7, 11) is -1.83. The number of nitrogens with one attached hydrogen (secondary N) is 1. The van der Waals surface area contributed by atoms with Crippen molar-refractivity contribution in [2.45, 2.75) is 24.0 Å². The molecule has 0 spiro atoms. The Labute approximate surface area is 179 Å². The molecular weight excluding hydrogens is 431 g/mol. The third kappa shape index (κ3) is 5.44. The molecule has 1 aliphatic heterocycles. The molecule has 1 saturated heterocycles. The van der Waals surface area contributed by atoms with Crippen LogP contribution in [-0.4, -0.2) is 56.8 Å². The zero-order chi connectivity index (χ0) is 22.8. The van der Waals surface area contributed by atoms with Gasteiger partial charge in [-0.15, -0.1) is 0 Å². The number of sulfonamides is 1. The third-order valence-corrected chi connectivity index (χ3v) is 7.15. The summed E-state index contributed by atoms with van der Waals surface area (Å²) in [4.78, 5) is 14.7. The molecule has 0 radical (unpaired) electrons. The molecule has 1 atom stereocenters. The molecule has 1 amide bonds. The molecule has 0 saturated carbocycles. The molecule has 2 aromatic rings. The fraction of sp³-hybridized carbons (Fsp3) is 0.381. The maximum Gasteiger partial charge on any atom is 0.416 e. The molecule has 168 valence electrons. The first-order valence-electron chi connectivity index (χ1n) is 9.75. The smallest absolute Gasteiger partial charge is 0.346 e. The van der Waals surface area contributed by atoms with E-state index in [4.69, 9.17) is 0 Å². The van der Waals surface area contributed by atoms with Crippen LogP contribution in [0.4, 0.5) is 13.2 Å². The normalized spacial score (nSPS) is 17.3. The van der Waals surface area contributed by atoms with Crippen molar-refractivity contribution in [1.82, 2.24) is 14.5 Å². The fourth-order valence-corrected chi connectivity index (χ4v) is 4.79. The molecule has 31 heavy (non-hydrogen) atoms. The predicted molar refractivity (Wildman–Crippen MR) is 110 cm³/mol. The van der Waals surface area contributed by atoms with E-state index < -0.39 is 33.7 Å². The Kier molecular flexibility index (Phi) is 6.73. The van der Waals surface area contributed by atoms with Crippen LogP contribution in [-0.2, 0) is 16.2 Å². The zero-order valence-corrected chi connectivity index (χ0v) is 18.0. The molecule has 0 aromatic heterocycles. The van der Waals surface area contributed by atoms with Crippen LogP contribution in [0.3, 0.4) is 0 Å². The van der Waals surface area contributed by atoms with Gasteiger partial charge < -0.3 is 10.2 Å². The minimum Gasteiger partial charge on any atom is -0.346 e. The van der Waals surface area contributed by atoms with E-state index in [0.717, 1.165) is 12.1 Å². The zero-order valence-electron chi connectivity index (χ0n) is 17.2. The molecule has 1 fully saturated rings. The van der Waals surface area contributed by atoms with E-state index in [2.05, 4.69) is 5.32 Å². The summed E-state index contributed by atoms with van der Waals surface area (Å²) in [5.41, 5.74) is -0.384. The maximum absolute atomic E-state index is 12.9. The Morgan fingerprint density at radius 1 is 1.03 bits per heavy atom. The first kappa shape index (κ1) is 23.2. The summed E-state index contributed by atoms with van der Waals surface area (Å²) in [6.07, 6.45) is -4.48. The first-order chi connectivity index (χ1) is 14.5. The molecule has 1 aliphatic rings. The number of hydrogen-bond donors (Lipinski definition) is 1. The summed E-state index contributed by atoms with van der Waals surface area (Å²) in [6.45, 7) is 3.53. The Bertz CT molecular complexity index is 1050. The summed E-state index contributed by atoms with van der Waals surface area (Å²) < 4.78 is 66.0. The quantitative estimate of drug-likeness (QED) is 0.752. The van der Waals surface area contributed by atoms with Gasteiger partial charge in [0.1, 0.15) is 0 Å². The van der Waals surface area contributed by atoms with Gasteiger partial charge in [0.05, 0.1) is 16.5 Å². The number of likely N-dealkylation sites (N-methyl/N-ethyl adjacent to an activating group) is 1. The first-order valence-corrected chi connectivity index (χ1v) is 11.2. The van der Waals surface area contributed by atoms with Gasteiger partial charge >= 0.3 is 6.18 Å². The summed E-state index contributed by atoms with van der Waals surface area (Å²) >= 11 is 0. The van der Waals surface area contributed by atoms with Gasteiger partial charge in [-0.05, 0) is 49.9 Å². The summed E-state index contributed by atoms with van der Waals surface area (Å²) in [5.74, 6) is -0.569. The van der Waals surface area contributed by atoms with Gasteiger partial charge in [0.15, 0.2) is 0 Å². The minimum absolute atomic E-state index is 0.0106. The van der Waals surface area contributed by atoms with E-state index in [1.54, 1.807) is 6.92 Å². The van der Waals surface area contributed by atoms with E-state index in [1.807, 2.05) is 11.9 Å². The molecule has 3 rings (SSSR count). The third-order valence-electron chi connectivity index (χ3n) is 5.26.